The van der Waals surface area contributed by atoms with Crippen molar-refractivity contribution in [3.05, 3.63) is 0 Å². The Morgan fingerprint density at radius 3 is 1.69 bits per heavy atom. The third-order valence-corrected chi connectivity index (χ3v) is 9.00. The zero-order valence-electron chi connectivity index (χ0n) is 8.69. The van der Waals surface area contributed by atoms with Crippen LogP contribution in [0.25, 0.3) is 0 Å². The lowest BCUT2D eigenvalue weighted by molar-refractivity contribution is 0.513. The van der Waals surface area contributed by atoms with Crippen LogP contribution in [0.5, 0.6) is 0 Å². The molecule has 0 amide bonds. The van der Waals surface area contributed by atoms with E-state index in [0.29, 0.717) is 0 Å². The van der Waals surface area contributed by atoms with Crippen LogP contribution in [0, 0.1) is 0 Å². The molecule has 0 spiro atoms. The summed E-state index contributed by atoms with van der Waals surface area (Å²) in [7, 11) is 0. The van der Waals surface area contributed by atoms with Gasteiger partial charge in [-0.2, -0.15) is 0 Å². The highest BCUT2D eigenvalue weighted by atomic mass is 33.1. The summed E-state index contributed by atoms with van der Waals surface area (Å²) in [5.74, 6) is -3.00. The molecular formula is C8H19O2PS2. The first-order chi connectivity index (χ1) is 5.91. The second kappa shape index (κ2) is 6.39. The second-order valence-electron chi connectivity index (χ2n) is 3.12. The van der Waals surface area contributed by atoms with Gasteiger partial charge in [-0.05, 0) is 12.8 Å². The van der Waals surface area contributed by atoms with Crippen molar-refractivity contribution in [2.75, 3.05) is 0 Å². The summed E-state index contributed by atoms with van der Waals surface area (Å²) in [6.07, 6.45) is 1.88. The quantitative estimate of drug-likeness (QED) is 0.710. The standard InChI is InChI=1S/C8H19O2PS2/c1-5-7(3)12-11(9,10)13-8(4)6-2/h7-8H,5-6H2,1-4H3,(H,9,10). The molecule has 0 fully saturated rings. The molecule has 13 heavy (non-hydrogen) atoms. The average Bonchev–Trinajstić information content (AvgIpc) is 2.02. The van der Waals surface area contributed by atoms with Crippen LogP contribution in [0.4, 0.5) is 0 Å². The van der Waals surface area contributed by atoms with Gasteiger partial charge >= 0.3 is 5.77 Å². The van der Waals surface area contributed by atoms with E-state index in [-0.39, 0.29) is 10.5 Å². The molecule has 0 bridgehead atoms. The maximum absolute atomic E-state index is 11.6. The monoisotopic (exact) mass is 242 g/mol. The Balaban J connectivity index is 4.00. The summed E-state index contributed by atoms with van der Waals surface area (Å²) in [6.45, 7) is 8.05. The first-order valence-electron chi connectivity index (χ1n) is 4.60. The highest BCUT2D eigenvalue weighted by Gasteiger charge is 2.24. The lowest BCUT2D eigenvalue weighted by Gasteiger charge is -2.16. The van der Waals surface area contributed by atoms with E-state index < -0.39 is 5.77 Å². The van der Waals surface area contributed by atoms with Gasteiger partial charge in [0.05, 0.1) is 0 Å². The van der Waals surface area contributed by atoms with Crippen LogP contribution in [0.2, 0.25) is 0 Å². The Bertz CT molecular complexity index is 171. The minimum absolute atomic E-state index is 0.271. The molecule has 2 unspecified atom stereocenters. The topological polar surface area (TPSA) is 37.3 Å². The number of hydrogen-bond donors (Lipinski definition) is 1. The van der Waals surface area contributed by atoms with Crippen molar-refractivity contribution in [3.8, 4) is 0 Å². The molecule has 0 aromatic carbocycles. The summed E-state index contributed by atoms with van der Waals surface area (Å²) in [6, 6.07) is 0. The summed E-state index contributed by atoms with van der Waals surface area (Å²) < 4.78 is 11.6. The zero-order chi connectivity index (χ0) is 10.5. The Morgan fingerprint density at radius 1 is 1.15 bits per heavy atom. The molecule has 0 saturated carbocycles. The Morgan fingerprint density at radius 2 is 1.46 bits per heavy atom. The second-order valence-corrected chi connectivity index (χ2v) is 11.0. The van der Waals surface area contributed by atoms with E-state index >= 15 is 0 Å². The van der Waals surface area contributed by atoms with Gasteiger partial charge in [0.1, 0.15) is 0 Å². The molecule has 0 aromatic rings. The maximum atomic E-state index is 11.6. The zero-order valence-corrected chi connectivity index (χ0v) is 11.2. The SMILES string of the molecule is CCC(C)SP(=O)(O)SC(C)CC. The smallest absolute Gasteiger partial charge is 0.311 e. The fraction of sp³-hybridized carbons (Fsp3) is 1.00. The summed E-state index contributed by atoms with van der Waals surface area (Å²) >= 11 is 2.44. The van der Waals surface area contributed by atoms with E-state index in [9.17, 15) is 9.46 Å². The van der Waals surface area contributed by atoms with Crippen molar-refractivity contribution in [3.63, 3.8) is 0 Å². The molecule has 2 nitrogen and oxygen atoms in total. The van der Waals surface area contributed by atoms with Crippen LogP contribution < -0.4 is 0 Å². The van der Waals surface area contributed by atoms with Gasteiger partial charge in [-0.3, -0.25) is 4.57 Å². The molecule has 0 aliphatic carbocycles. The van der Waals surface area contributed by atoms with E-state index in [4.69, 9.17) is 0 Å². The van der Waals surface area contributed by atoms with E-state index in [1.165, 1.54) is 22.8 Å². The third-order valence-electron chi connectivity index (χ3n) is 1.78. The molecule has 0 radical (unpaired) electrons. The van der Waals surface area contributed by atoms with Gasteiger partial charge in [0.2, 0.25) is 0 Å². The van der Waals surface area contributed by atoms with Crippen molar-refractivity contribution in [2.45, 2.75) is 51.0 Å². The maximum Gasteiger partial charge on any atom is 0.311 e. The van der Waals surface area contributed by atoms with Crippen molar-refractivity contribution in [1.29, 1.82) is 0 Å². The molecule has 0 rings (SSSR count). The van der Waals surface area contributed by atoms with Crippen LogP contribution in [0.1, 0.15) is 40.5 Å². The molecule has 80 valence electrons. The lowest BCUT2D eigenvalue weighted by atomic mass is 10.4. The van der Waals surface area contributed by atoms with E-state index in [0.717, 1.165) is 12.8 Å². The van der Waals surface area contributed by atoms with Crippen LogP contribution in [0.15, 0.2) is 0 Å². The number of rotatable bonds is 6. The Labute approximate surface area is 89.2 Å². The summed E-state index contributed by atoms with van der Waals surface area (Å²) in [4.78, 5) is 9.60. The van der Waals surface area contributed by atoms with Crippen molar-refractivity contribution < 1.29 is 9.46 Å². The first-order valence-corrected chi connectivity index (χ1v) is 9.23. The molecule has 0 aliphatic rings. The fourth-order valence-electron chi connectivity index (χ4n) is 0.629. The largest absolute Gasteiger partial charge is 0.329 e. The van der Waals surface area contributed by atoms with Crippen molar-refractivity contribution in [1.82, 2.24) is 0 Å². The van der Waals surface area contributed by atoms with E-state index in [1.807, 2.05) is 27.7 Å². The highest BCUT2D eigenvalue weighted by Crippen LogP contribution is 2.68. The third kappa shape index (κ3) is 6.89. The van der Waals surface area contributed by atoms with Gasteiger partial charge in [0.15, 0.2) is 0 Å². The van der Waals surface area contributed by atoms with Gasteiger partial charge in [0.25, 0.3) is 0 Å². The first kappa shape index (κ1) is 13.9. The lowest BCUT2D eigenvalue weighted by Crippen LogP contribution is -1.94. The molecule has 1 N–H and O–H groups in total. The van der Waals surface area contributed by atoms with Gasteiger partial charge in [-0.1, -0.05) is 50.5 Å². The molecule has 2 atom stereocenters. The highest BCUT2D eigenvalue weighted by molar-refractivity contribution is 8.89. The molecule has 0 heterocycles. The normalized spacial score (nSPS) is 20.7. The van der Waals surface area contributed by atoms with Crippen LogP contribution in [-0.2, 0) is 4.57 Å². The van der Waals surface area contributed by atoms with Gasteiger partial charge in [-0.15, -0.1) is 0 Å². The van der Waals surface area contributed by atoms with Crippen molar-refractivity contribution in [2.24, 2.45) is 0 Å². The molecule has 0 aliphatic heterocycles. The van der Waals surface area contributed by atoms with Crippen LogP contribution in [-0.4, -0.2) is 15.4 Å². The minimum atomic E-state index is -3.00. The van der Waals surface area contributed by atoms with Crippen molar-refractivity contribution >= 4 is 28.5 Å². The fourth-order valence-corrected chi connectivity index (χ4v) is 8.75. The number of hydrogen-bond acceptors (Lipinski definition) is 3. The minimum Gasteiger partial charge on any atom is -0.329 e. The Hall–Kier alpha value is 0.890. The van der Waals surface area contributed by atoms with E-state index in [1.54, 1.807) is 0 Å². The van der Waals surface area contributed by atoms with Crippen LogP contribution >= 0.6 is 28.5 Å². The predicted octanol–water partition coefficient (Wildman–Crippen LogP) is 4.15. The molecule has 0 aromatic heterocycles. The summed E-state index contributed by atoms with van der Waals surface area (Å²) in [5, 5.41) is 0.541. The van der Waals surface area contributed by atoms with E-state index in [2.05, 4.69) is 0 Å². The molecular weight excluding hydrogens is 223 g/mol. The molecule has 0 saturated heterocycles. The Kier molecular flexibility index (Phi) is 6.83. The van der Waals surface area contributed by atoms with Gasteiger partial charge in [0, 0.05) is 10.5 Å². The summed E-state index contributed by atoms with van der Waals surface area (Å²) in [5.41, 5.74) is 0. The predicted molar refractivity (Wildman–Crippen MR) is 64.5 cm³/mol. The average molecular weight is 242 g/mol. The van der Waals surface area contributed by atoms with Crippen LogP contribution in [0.3, 0.4) is 0 Å². The van der Waals surface area contributed by atoms with Gasteiger partial charge in [-0.25, -0.2) is 0 Å². The van der Waals surface area contributed by atoms with Gasteiger partial charge < -0.3 is 4.89 Å². The molecule has 5 heteroatoms.